The molecule has 0 aliphatic carbocycles. The smallest absolute Gasteiger partial charge is 0.134 e. The van der Waals surface area contributed by atoms with E-state index in [9.17, 15) is 4.39 Å². The third-order valence-corrected chi connectivity index (χ3v) is 4.20. The van der Waals surface area contributed by atoms with Crippen LogP contribution in [0.5, 0.6) is 0 Å². The lowest BCUT2D eigenvalue weighted by atomic mass is 9.91. The molecule has 0 radical (unpaired) electrons. The zero-order valence-corrected chi connectivity index (χ0v) is 11.7. The van der Waals surface area contributed by atoms with Crippen LogP contribution in [0.1, 0.15) is 36.6 Å². The topological polar surface area (TPSA) is 48.4 Å². The summed E-state index contributed by atoms with van der Waals surface area (Å²) in [5, 5.41) is 0.822. The molecule has 1 atom stereocenters. The third-order valence-electron chi connectivity index (χ3n) is 4.20. The molecule has 1 saturated heterocycles. The van der Waals surface area contributed by atoms with Gasteiger partial charge in [-0.1, -0.05) is 0 Å². The Morgan fingerprint density at radius 1 is 1.35 bits per heavy atom. The molecule has 3 nitrogen and oxygen atoms in total. The molecular formula is C16H20FNO2. The van der Waals surface area contributed by atoms with Crippen molar-refractivity contribution in [3.63, 3.8) is 0 Å². The number of furan rings is 1. The number of benzene rings is 1. The minimum absolute atomic E-state index is 0.131. The second kappa shape index (κ2) is 5.54. The lowest BCUT2D eigenvalue weighted by Crippen LogP contribution is -2.21. The SMILES string of the molecule is Cc1c(C(N)CC2CCOCC2)oc2ccc(F)cc12. The molecule has 20 heavy (non-hydrogen) atoms. The van der Waals surface area contributed by atoms with Crippen LogP contribution >= 0.6 is 0 Å². The van der Waals surface area contributed by atoms with E-state index in [0.29, 0.717) is 11.5 Å². The number of hydrogen-bond donors (Lipinski definition) is 1. The van der Waals surface area contributed by atoms with Crippen LogP contribution in [0.3, 0.4) is 0 Å². The first kappa shape index (κ1) is 13.6. The van der Waals surface area contributed by atoms with Gasteiger partial charge in [0.25, 0.3) is 0 Å². The van der Waals surface area contributed by atoms with E-state index in [-0.39, 0.29) is 11.9 Å². The Labute approximate surface area is 117 Å². The number of nitrogens with two attached hydrogens (primary N) is 1. The fourth-order valence-corrected chi connectivity index (χ4v) is 3.01. The van der Waals surface area contributed by atoms with Crippen molar-refractivity contribution in [2.75, 3.05) is 13.2 Å². The zero-order chi connectivity index (χ0) is 14.1. The van der Waals surface area contributed by atoms with Crippen molar-refractivity contribution in [2.45, 2.75) is 32.2 Å². The van der Waals surface area contributed by atoms with E-state index < -0.39 is 0 Å². The summed E-state index contributed by atoms with van der Waals surface area (Å²) >= 11 is 0. The summed E-state index contributed by atoms with van der Waals surface area (Å²) in [4.78, 5) is 0. The van der Waals surface area contributed by atoms with Crippen molar-refractivity contribution in [1.82, 2.24) is 0 Å². The first-order chi connectivity index (χ1) is 9.65. The van der Waals surface area contributed by atoms with Crippen molar-refractivity contribution in [3.8, 4) is 0 Å². The van der Waals surface area contributed by atoms with Crippen LogP contribution in [-0.2, 0) is 4.74 Å². The summed E-state index contributed by atoms with van der Waals surface area (Å²) in [5.41, 5.74) is 7.97. The van der Waals surface area contributed by atoms with Gasteiger partial charge in [0.2, 0.25) is 0 Å². The van der Waals surface area contributed by atoms with E-state index in [2.05, 4.69) is 0 Å². The molecule has 1 aliphatic rings. The normalized spacial score (nSPS) is 18.6. The summed E-state index contributed by atoms with van der Waals surface area (Å²) in [6.45, 7) is 3.59. The standard InChI is InChI=1S/C16H20FNO2/c1-10-13-9-12(17)2-3-15(13)20-16(10)14(18)8-11-4-6-19-7-5-11/h2-3,9,11,14H,4-8,18H2,1H3. The molecule has 0 amide bonds. The predicted octanol–water partition coefficient (Wildman–Crippen LogP) is 3.70. The third kappa shape index (κ3) is 2.58. The first-order valence-electron chi connectivity index (χ1n) is 7.17. The Kier molecular flexibility index (Phi) is 3.76. The Balaban J connectivity index is 1.83. The Morgan fingerprint density at radius 2 is 2.10 bits per heavy atom. The molecule has 1 aliphatic heterocycles. The van der Waals surface area contributed by atoms with Crippen LogP contribution < -0.4 is 5.73 Å². The summed E-state index contributed by atoms with van der Waals surface area (Å²) < 4.78 is 24.5. The molecule has 0 spiro atoms. The minimum atomic E-state index is -0.244. The van der Waals surface area contributed by atoms with E-state index in [1.165, 1.54) is 12.1 Å². The lowest BCUT2D eigenvalue weighted by Gasteiger charge is -2.24. The van der Waals surface area contributed by atoms with Crippen molar-refractivity contribution >= 4 is 11.0 Å². The fraction of sp³-hybridized carbons (Fsp3) is 0.500. The molecule has 1 fully saturated rings. The average molecular weight is 277 g/mol. The van der Waals surface area contributed by atoms with Crippen molar-refractivity contribution in [2.24, 2.45) is 11.7 Å². The highest BCUT2D eigenvalue weighted by atomic mass is 19.1. The highest BCUT2D eigenvalue weighted by Crippen LogP contribution is 2.33. The van der Waals surface area contributed by atoms with E-state index in [0.717, 1.165) is 49.2 Å². The quantitative estimate of drug-likeness (QED) is 0.930. The van der Waals surface area contributed by atoms with Gasteiger partial charge in [-0.15, -0.1) is 0 Å². The summed E-state index contributed by atoms with van der Waals surface area (Å²) in [6.07, 6.45) is 3.01. The number of hydrogen-bond acceptors (Lipinski definition) is 3. The largest absolute Gasteiger partial charge is 0.459 e. The second-order valence-corrected chi connectivity index (χ2v) is 5.63. The highest BCUT2D eigenvalue weighted by molar-refractivity contribution is 5.82. The van der Waals surface area contributed by atoms with Gasteiger partial charge in [0.05, 0.1) is 6.04 Å². The second-order valence-electron chi connectivity index (χ2n) is 5.63. The van der Waals surface area contributed by atoms with Gasteiger partial charge < -0.3 is 14.9 Å². The fourth-order valence-electron chi connectivity index (χ4n) is 3.01. The molecule has 4 heteroatoms. The number of rotatable bonds is 3. The molecule has 3 rings (SSSR count). The number of ether oxygens (including phenoxy) is 1. The number of aryl methyl sites for hydroxylation is 1. The Morgan fingerprint density at radius 3 is 2.85 bits per heavy atom. The monoisotopic (exact) mass is 277 g/mol. The molecule has 2 N–H and O–H groups in total. The van der Waals surface area contributed by atoms with Crippen molar-refractivity contribution in [3.05, 3.63) is 35.3 Å². The van der Waals surface area contributed by atoms with E-state index in [4.69, 9.17) is 14.9 Å². The zero-order valence-electron chi connectivity index (χ0n) is 11.7. The van der Waals surface area contributed by atoms with Crippen LogP contribution in [0.4, 0.5) is 4.39 Å². The Bertz CT molecular complexity index is 602. The maximum atomic E-state index is 13.3. The lowest BCUT2D eigenvalue weighted by molar-refractivity contribution is 0.0612. The molecule has 0 bridgehead atoms. The molecule has 1 aromatic carbocycles. The number of fused-ring (bicyclic) bond motifs is 1. The maximum absolute atomic E-state index is 13.3. The van der Waals surface area contributed by atoms with Crippen LogP contribution in [0, 0.1) is 18.7 Å². The first-order valence-corrected chi connectivity index (χ1v) is 7.17. The van der Waals surface area contributed by atoms with Crippen molar-refractivity contribution in [1.29, 1.82) is 0 Å². The molecule has 108 valence electrons. The van der Waals surface area contributed by atoms with Gasteiger partial charge in [0.1, 0.15) is 17.2 Å². The molecule has 1 unspecified atom stereocenters. The minimum Gasteiger partial charge on any atom is -0.459 e. The van der Waals surface area contributed by atoms with E-state index >= 15 is 0 Å². The van der Waals surface area contributed by atoms with Gasteiger partial charge in [-0.25, -0.2) is 4.39 Å². The Hall–Kier alpha value is -1.39. The maximum Gasteiger partial charge on any atom is 0.134 e. The molecule has 0 saturated carbocycles. The molecule has 1 aromatic heterocycles. The van der Waals surface area contributed by atoms with Gasteiger partial charge in [0.15, 0.2) is 0 Å². The van der Waals surface area contributed by atoms with Crippen LogP contribution in [0.2, 0.25) is 0 Å². The molecular weight excluding hydrogens is 257 g/mol. The van der Waals surface area contributed by atoms with Gasteiger partial charge in [0, 0.05) is 24.2 Å². The van der Waals surface area contributed by atoms with Gasteiger partial charge in [-0.05, 0) is 50.3 Å². The predicted molar refractivity (Wildman–Crippen MR) is 76.0 cm³/mol. The van der Waals surface area contributed by atoms with Gasteiger partial charge >= 0.3 is 0 Å². The summed E-state index contributed by atoms with van der Waals surface area (Å²) in [7, 11) is 0. The average Bonchev–Trinajstić information content (AvgIpc) is 2.77. The summed E-state index contributed by atoms with van der Waals surface area (Å²) in [5.74, 6) is 1.13. The van der Waals surface area contributed by atoms with Crippen LogP contribution in [0.15, 0.2) is 22.6 Å². The number of halogens is 1. The van der Waals surface area contributed by atoms with Crippen LogP contribution in [-0.4, -0.2) is 13.2 Å². The molecule has 2 heterocycles. The van der Waals surface area contributed by atoms with E-state index in [1.807, 2.05) is 6.92 Å². The van der Waals surface area contributed by atoms with E-state index in [1.54, 1.807) is 6.07 Å². The van der Waals surface area contributed by atoms with Crippen molar-refractivity contribution < 1.29 is 13.5 Å². The molecule has 2 aromatic rings. The van der Waals surface area contributed by atoms with Gasteiger partial charge in [-0.3, -0.25) is 0 Å². The van der Waals surface area contributed by atoms with Crippen LogP contribution in [0.25, 0.3) is 11.0 Å². The van der Waals surface area contributed by atoms with Gasteiger partial charge in [-0.2, -0.15) is 0 Å². The summed E-state index contributed by atoms with van der Waals surface area (Å²) in [6, 6.07) is 4.47. The highest BCUT2D eigenvalue weighted by Gasteiger charge is 2.22.